The first kappa shape index (κ1) is 20.2. The van der Waals surface area contributed by atoms with E-state index in [1.54, 1.807) is 0 Å². The van der Waals surface area contributed by atoms with Gasteiger partial charge in [0.15, 0.2) is 0 Å². The molecule has 0 radical (unpaired) electrons. The molecule has 3 aromatic carbocycles. The Bertz CT molecular complexity index is 879. The van der Waals surface area contributed by atoms with Gasteiger partial charge in [-0.15, -0.1) is 0 Å². The summed E-state index contributed by atoms with van der Waals surface area (Å²) in [7, 11) is 0. The molecule has 0 N–H and O–H groups in total. The van der Waals surface area contributed by atoms with Crippen molar-refractivity contribution in [2.24, 2.45) is 0 Å². The second-order valence-corrected chi connectivity index (χ2v) is 6.42. The molecule has 0 unspecified atom stereocenters. The monoisotopic (exact) mass is 352 g/mol. The normalized spacial score (nSPS) is 11.1. The molecule has 3 aromatic rings. The summed E-state index contributed by atoms with van der Waals surface area (Å²) >= 11 is 0. The Morgan fingerprint density at radius 3 is 1.89 bits per heavy atom. The molecule has 0 aliphatic carbocycles. The molecule has 0 aliphatic rings. The molecule has 0 heterocycles. The number of allylic oxidation sites excluding steroid dienone is 5. The average Bonchev–Trinajstić information content (AvgIpc) is 2.70. The van der Waals surface area contributed by atoms with Gasteiger partial charge in [-0.3, -0.25) is 0 Å². The third-order valence-corrected chi connectivity index (χ3v) is 4.02. The van der Waals surface area contributed by atoms with Gasteiger partial charge < -0.3 is 0 Å². The number of hydrogen-bond donors (Lipinski definition) is 0. The number of benzene rings is 3. The van der Waals surface area contributed by atoms with Crippen LogP contribution < -0.4 is 0 Å². The Morgan fingerprint density at radius 2 is 1.22 bits per heavy atom. The van der Waals surface area contributed by atoms with Crippen LogP contribution in [0.1, 0.15) is 23.6 Å². The summed E-state index contributed by atoms with van der Waals surface area (Å²) in [6.45, 7) is 6.22. The lowest BCUT2D eigenvalue weighted by Gasteiger charge is -2.00. The van der Waals surface area contributed by atoms with E-state index in [-0.39, 0.29) is 0 Å². The summed E-state index contributed by atoms with van der Waals surface area (Å²) < 4.78 is 0. The molecule has 0 aliphatic heterocycles. The van der Waals surface area contributed by atoms with Gasteiger partial charge in [-0.2, -0.15) is 0 Å². The molecule has 0 saturated heterocycles. The summed E-state index contributed by atoms with van der Waals surface area (Å²) in [6, 6.07) is 27.5. The maximum Gasteiger partial charge on any atom is -0.0184 e. The van der Waals surface area contributed by atoms with E-state index < -0.39 is 0 Å². The van der Waals surface area contributed by atoms with Gasteiger partial charge in [0, 0.05) is 0 Å². The fourth-order valence-corrected chi connectivity index (χ4v) is 2.56. The first-order valence-electron chi connectivity index (χ1n) is 9.34. The molecular weight excluding hydrogens is 324 g/mol. The van der Waals surface area contributed by atoms with E-state index in [1.807, 2.05) is 37.3 Å². The molecule has 0 saturated carbocycles. The van der Waals surface area contributed by atoms with Gasteiger partial charge in [-0.25, -0.2) is 0 Å². The molecule has 0 nitrogen and oxygen atoms in total. The average molecular weight is 353 g/mol. The van der Waals surface area contributed by atoms with Crippen molar-refractivity contribution in [1.29, 1.82) is 0 Å². The van der Waals surface area contributed by atoms with Gasteiger partial charge in [0.1, 0.15) is 0 Å². The zero-order valence-corrected chi connectivity index (χ0v) is 16.5. The maximum absolute atomic E-state index is 2.17. The van der Waals surface area contributed by atoms with Crippen molar-refractivity contribution in [3.63, 3.8) is 0 Å². The highest BCUT2D eigenvalue weighted by atomic mass is 14.0. The van der Waals surface area contributed by atoms with Crippen molar-refractivity contribution in [3.05, 3.63) is 126 Å². The van der Waals surface area contributed by atoms with Gasteiger partial charge in [-0.1, -0.05) is 126 Å². The predicted octanol–water partition coefficient (Wildman–Crippen LogP) is 7.80. The van der Waals surface area contributed by atoms with Crippen LogP contribution in [0.5, 0.6) is 0 Å². The molecule has 3 rings (SSSR count). The zero-order valence-electron chi connectivity index (χ0n) is 16.5. The molecule has 0 bridgehead atoms. The minimum absolute atomic E-state index is 1.25. The van der Waals surface area contributed by atoms with Crippen LogP contribution in [0, 0.1) is 13.8 Å². The van der Waals surface area contributed by atoms with E-state index >= 15 is 0 Å². The van der Waals surface area contributed by atoms with Crippen LogP contribution in [0.3, 0.4) is 0 Å². The Hall–Kier alpha value is -3.12. The molecule has 0 spiro atoms. The van der Waals surface area contributed by atoms with Crippen LogP contribution in [0.2, 0.25) is 0 Å². The van der Waals surface area contributed by atoms with E-state index in [9.17, 15) is 0 Å². The van der Waals surface area contributed by atoms with Gasteiger partial charge in [0.25, 0.3) is 0 Å². The van der Waals surface area contributed by atoms with Crippen LogP contribution >= 0.6 is 0 Å². The van der Waals surface area contributed by atoms with Crippen molar-refractivity contribution in [2.75, 3.05) is 0 Å². The Morgan fingerprint density at radius 1 is 0.556 bits per heavy atom. The van der Waals surface area contributed by atoms with Gasteiger partial charge in [-0.05, 0) is 37.5 Å². The first-order valence-corrected chi connectivity index (χ1v) is 9.34. The topological polar surface area (TPSA) is 0 Å². The SMILES string of the molecule is C\C=C/C=C\C=C\c1cccc(C)c1.Cc1ccc(-c2ccccc2)cc1. The first-order chi connectivity index (χ1) is 13.2. The van der Waals surface area contributed by atoms with E-state index in [4.69, 9.17) is 0 Å². The molecule has 0 amide bonds. The lowest BCUT2D eigenvalue weighted by atomic mass is 10.0. The Kier molecular flexibility index (Phi) is 8.59. The fraction of sp³-hybridized carbons (Fsp3) is 0.111. The minimum Gasteiger partial charge on any atom is -0.0877 e. The smallest absolute Gasteiger partial charge is 0.0184 e. The van der Waals surface area contributed by atoms with Gasteiger partial charge in [0.05, 0.1) is 0 Å². The Balaban J connectivity index is 0.000000194. The van der Waals surface area contributed by atoms with E-state index in [0.29, 0.717) is 0 Å². The van der Waals surface area contributed by atoms with Crippen LogP contribution in [0.15, 0.2) is 109 Å². The van der Waals surface area contributed by atoms with Crippen molar-refractivity contribution in [1.82, 2.24) is 0 Å². The molecule has 0 aromatic heterocycles. The van der Waals surface area contributed by atoms with Crippen molar-refractivity contribution < 1.29 is 0 Å². The highest BCUT2D eigenvalue weighted by Gasteiger charge is 1.93. The van der Waals surface area contributed by atoms with Gasteiger partial charge in [0.2, 0.25) is 0 Å². The number of rotatable bonds is 4. The molecular formula is C27H28. The standard InChI is InChI=1S/C14H16.C13H12/c1-3-4-5-6-7-10-14-11-8-9-13(2)12-14;1-11-7-9-13(10-8-11)12-5-3-2-4-6-12/h3-12H,1-2H3;2-10H,1H3/b4-3-,6-5-,10-7+;. The van der Waals surface area contributed by atoms with E-state index in [1.165, 1.54) is 27.8 Å². The third-order valence-electron chi connectivity index (χ3n) is 4.02. The highest BCUT2D eigenvalue weighted by Crippen LogP contribution is 2.18. The lowest BCUT2D eigenvalue weighted by molar-refractivity contribution is 1.46. The number of aryl methyl sites for hydroxylation is 2. The van der Waals surface area contributed by atoms with E-state index in [0.717, 1.165) is 0 Å². The van der Waals surface area contributed by atoms with Crippen LogP contribution in [-0.2, 0) is 0 Å². The largest absolute Gasteiger partial charge is 0.0877 e. The Labute approximate surface area is 164 Å². The minimum atomic E-state index is 1.25. The third kappa shape index (κ3) is 7.75. The quantitative estimate of drug-likeness (QED) is 0.420. The summed E-state index contributed by atoms with van der Waals surface area (Å²) in [5.74, 6) is 0. The second-order valence-electron chi connectivity index (χ2n) is 6.42. The maximum atomic E-state index is 2.17. The predicted molar refractivity (Wildman–Crippen MR) is 121 cm³/mol. The summed E-state index contributed by atoms with van der Waals surface area (Å²) in [4.78, 5) is 0. The molecule has 27 heavy (non-hydrogen) atoms. The van der Waals surface area contributed by atoms with Gasteiger partial charge >= 0.3 is 0 Å². The van der Waals surface area contributed by atoms with E-state index in [2.05, 4.69) is 98.8 Å². The molecule has 0 fully saturated rings. The van der Waals surface area contributed by atoms with Crippen molar-refractivity contribution >= 4 is 6.08 Å². The zero-order chi connectivity index (χ0) is 19.3. The summed E-state index contributed by atoms with van der Waals surface area (Å²) in [5.41, 5.74) is 6.41. The second kappa shape index (κ2) is 11.5. The summed E-state index contributed by atoms with van der Waals surface area (Å²) in [5, 5.41) is 0. The molecule has 136 valence electrons. The summed E-state index contributed by atoms with van der Waals surface area (Å²) in [6.07, 6.45) is 12.2. The fourth-order valence-electron chi connectivity index (χ4n) is 2.56. The molecule has 0 heteroatoms. The van der Waals surface area contributed by atoms with Crippen LogP contribution in [0.25, 0.3) is 17.2 Å². The van der Waals surface area contributed by atoms with Crippen molar-refractivity contribution in [3.8, 4) is 11.1 Å². The highest BCUT2D eigenvalue weighted by molar-refractivity contribution is 5.63. The number of hydrogen-bond acceptors (Lipinski definition) is 0. The molecule has 0 atom stereocenters. The van der Waals surface area contributed by atoms with Crippen molar-refractivity contribution in [2.45, 2.75) is 20.8 Å². The van der Waals surface area contributed by atoms with Crippen LogP contribution in [-0.4, -0.2) is 0 Å². The lowest BCUT2D eigenvalue weighted by Crippen LogP contribution is -1.76. The van der Waals surface area contributed by atoms with Crippen LogP contribution in [0.4, 0.5) is 0 Å².